The second-order valence-electron chi connectivity index (χ2n) is 4.29. The third-order valence-electron chi connectivity index (χ3n) is 2.86. The number of hydrogen-bond donors (Lipinski definition) is 1. The Morgan fingerprint density at radius 1 is 1.00 bits per heavy atom. The molecule has 0 saturated carbocycles. The van der Waals surface area contributed by atoms with Crippen molar-refractivity contribution in [3.63, 3.8) is 0 Å². The molecule has 92 valence electrons. The molecule has 2 aromatic carbocycles. The Hall–Kier alpha value is -2.16. The van der Waals surface area contributed by atoms with E-state index in [1.807, 2.05) is 0 Å². The first-order valence-electron chi connectivity index (χ1n) is 5.59. The molecular weight excluding hydrogens is 231 g/mol. The number of ketones is 1. The van der Waals surface area contributed by atoms with Crippen LogP contribution in [-0.2, 0) is 0 Å². The van der Waals surface area contributed by atoms with Crippen LogP contribution in [0.3, 0.4) is 0 Å². The summed E-state index contributed by atoms with van der Waals surface area (Å²) >= 11 is 0. The number of halogens is 1. The molecule has 0 fully saturated rings. The third-order valence-corrected chi connectivity index (χ3v) is 2.86. The molecular formula is C15H13FO2. The fraction of sp³-hybridized carbons (Fsp3) is 0.133. The van der Waals surface area contributed by atoms with Crippen LogP contribution in [-0.4, -0.2) is 10.9 Å². The summed E-state index contributed by atoms with van der Waals surface area (Å²) in [6.07, 6.45) is 0. The molecule has 0 aliphatic carbocycles. The second kappa shape index (κ2) is 4.61. The number of phenolic OH excluding ortho intramolecular Hbond substituents is 1. The van der Waals surface area contributed by atoms with Crippen molar-refractivity contribution in [1.82, 2.24) is 0 Å². The number of rotatable bonds is 2. The quantitative estimate of drug-likeness (QED) is 0.822. The van der Waals surface area contributed by atoms with Crippen LogP contribution in [0.15, 0.2) is 36.4 Å². The van der Waals surface area contributed by atoms with E-state index in [-0.39, 0.29) is 17.3 Å². The SMILES string of the molecule is Cc1cc(C(=O)c2ccc(F)cc2)cc(C)c1O. The van der Waals surface area contributed by atoms with Crippen molar-refractivity contribution >= 4 is 5.78 Å². The molecule has 0 saturated heterocycles. The second-order valence-corrected chi connectivity index (χ2v) is 4.29. The zero-order valence-electron chi connectivity index (χ0n) is 10.2. The summed E-state index contributed by atoms with van der Waals surface area (Å²) in [6, 6.07) is 8.69. The Morgan fingerprint density at radius 2 is 1.50 bits per heavy atom. The van der Waals surface area contributed by atoms with Gasteiger partial charge in [-0.3, -0.25) is 4.79 Å². The molecule has 1 N–H and O–H groups in total. The molecule has 0 atom stereocenters. The number of phenols is 1. The van der Waals surface area contributed by atoms with Crippen LogP contribution in [0.1, 0.15) is 27.0 Å². The fourth-order valence-corrected chi connectivity index (χ4v) is 1.85. The highest BCUT2D eigenvalue weighted by atomic mass is 19.1. The van der Waals surface area contributed by atoms with Gasteiger partial charge in [0.05, 0.1) is 0 Å². The fourth-order valence-electron chi connectivity index (χ4n) is 1.85. The molecule has 3 heteroatoms. The smallest absolute Gasteiger partial charge is 0.193 e. The highest BCUT2D eigenvalue weighted by Gasteiger charge is 2.12. The van der Waals surface area contributed by atoms with E-state index in [4.69, 9.17) is 0 Å². The topological polar surface area (TPSA) is 37.3 Å². The third kappa shape index (κ3) is 2.25. The predicted molar refractivity (Wildman–Crippen MR) is 67.4 cm³/mol. The molecule has 0 aliphatic heterocycles. The molecule has 0 radical (unpaired) electrons. The molecule has 2 aromatic rings. The van der Waals surface area contributed by atoms with E-state index < -0.39 is 0 Å². The average molecular weight is 244 g/mol. The highest BCUT2D eigenvalue weighted by Crippen LogP contribution is 2.24. The van der Waals surface area contributed by atoms with E-state index in [1.165, 1.54) is 24.3 Å². The number of carbonyl (C=O) groups is 1. The number of aromatic hydroxyl groups is 1. The maximum Gasteiger partial charge on any atom is 0.193 e. The number of hydrogen-bond acceptors (Lipinski definition) is 2. The summed E-state index contributed by atoms with van der Waals surface area (Å²) in [4.78, 5) is 12.2. The van der Waals surface area contributed by atoms with Crippen LogP contribution in [0.4, 0.5) is 4.39 Å². The maximum atomic E-state index is 12.8. The van der Waals surface area contributed by atoms with Gasteiger partial charge in [-0.1, -0.05) is 0 Å². The van der Waals surface area contributed by atoms with Crippen molar-refractivity contribution in [2.75, 3.05) is 0 Å². The van der Waals surface area contributed by atoms with Gasteiger partial charge in [0, 0.05) is 11.1 Å². The van der Waals surface area contributed by atoms with E-state index in [0.29, 0.717) is 22.3 Å². The minimum absolute atomic E-state index is 0.179. The van der Waals surface area contributed by atoms with Gasteiger partial charge in [-0.25, -0.2) is 4.39 Å². The normalized spacial score (nSPS) is 10.4. The molecule has 0 bridgehead atoms. The summed E-state index contributed by atoms with van der Waals surface area (Å²) < 4.78 is 12.8. The predicted octanol–water partition coefficient (Wildman–Crippen LogP) is 3.38. The van der Waals surface area contributed by atoms with Crippen LogP contribution in [0.2, 0.25) is 0 Å². The average Bonchev–Trinajstić information content (AvgIpc) is 2.35. The Bertz CT molecular complexity index is 577. The van der Waals surface area contributed by atoms with Gasteiger partial charge in [-0.05, 0) is 61.4 Å². The lowest BCUT2D eigenvalue weighted by molar-refractivity contribution is 0.103. The monoisotopic (exact) mass is 244 g/mol. The molecule has 2 rings (SSSR count). The van der Waals surface area contributed by atoms with Gasteiger partial charge in [0.1, 0.15) is 11.6 Å². The Kier molecular flexibility index (Phi) is 3.15. The van der Waals surface area contributed by atoms with Crippen LogP contribution in [0.5, 0.6) is 5.75 Å². The van der Waals surface area contributed by atoms with E-state index >= 15 is 0 Å². The summed E-state index contributed by atoms with van der Waals surface area (Å²) in [6.45, 7) is 3.48. The molecule has 0 spiro atoms. The van der Waals surface area contributed by atoms with E-state index in [0.717, 1.165) is 0 Å². The lowest BCUT2D eigenvalue weighted by Crippen LogP contribution is -2.02. The van der Waals surface area contributed by atoms with Crippen LogP contribution < -0.4 is 0 Å². The van der Waals surface area contributed by atoms with Crippen LogP contribution in [0, 0.1) is 19.7 Å². The highest BCUT2D eigenvalue weighted by molar-refractivity contribution is 6.09. The van der Waals surface area contributed by atoms with Crippen LogP contribution >= 0.6 is 0 Å². The minimum Gasteiger partial charge on any atom is -0.507 e. The van der Waals surface area contributed by atoms with E-state index in [2.05, 4.69) is 0 Å². The first-order chi connectivity index (χ1) is 8.49. The largest absolute Gasteiger partial charge is 0.507 e. The molecule has 18 heavy (non-hydrogen) atoms. The van der Waals surface area contributed by atoms with Crippen molar-refractivity contribution in [3.05, 3.63) is 64.5 Å². The molecule has 0 aromatic heterocycles. The van der Waals surface area contributed by atoms with Gasteiger partial charge in [0.15, 0.2) is 5.78 Å². The van der Waals surface area contributed by atoms with Gasteiger partial charge in [-0.15, -0.1) is 0 Å². The minimum atomic E-state index is -0.371. The summed E-state index contributed by atoms with van der Waals surface area (Å²) in [5, 5.41) is 9.66. The van der Waals surface area contributed by atoms with Gasteiger partial charge >= 0.3 is 0 Å². The Morgan fingerprint density at radius 3 is 2.00 bits per heavy atom. The van der Waals surface area contributed by atoms with Gasteiger partial charge in [-0.2, -0.15) is 0 Å². The van der Waals surface area contributed by atoms with Gasteiger partial charge in [0.25, 0.3) is 0 Å². The van der Waals surface area contributed by atoms with Crippen molar-refractivity contribution < 1.29 is 14.3 Å². The van der Waals surface area contributed by atoms with Crippen molar-refractivity contribution in [3.8, 4) is 5.75 Å². The molecule has 0 aliphatic rings. The van der Waals surface area contributed by atoms with Crippen molar-refractivity contribution in [1.29, 1.82) is 0 Å². The van der Waals surface area contributed by atoms with E-state index in [9.17, 15) is 14.3 Å². The number of benzene rings is 2. The summed E-state index contributed by atoms with van der Waals surface area (Å²) in [7, 11) is 0. The zero-order valence-corrected chi connectivity index (χ0v) is 10.2. The lowest BCUT2D eigenvalue weighted by atomic mass is 9.98. The van der Waals surface area contributed by atoms with Gasteiger partial charge in [0.2, 0.25) is 0 Å². The van der Waals surface area contributed by atoms with Gasteiger partial charge < -0.3 is 5.11 Å². The van der Waals surface area contributed by atoms with Crippen molar-refractivity contribution in [2.45, 2.75) is 13.8 Å². The maximum absolute atomic E-state index is 12.8. The number of aryl methyl sites for hydroxylation is 2. The van der Waals surface area contributed by atoms with Crippen LogP contribution in [0.25, 0.3) is 0 Å². The van der Waals surface area contributed by atoms with E-state index in [1.54, 1.807) is 26.0 Å². The first-order valence-corrected chi connectivity index (χ1v) is 5.59. The Balaban J connectivity index is 2.43. The summed E-state index contributed by atoms with van der Waals surface area (Å²) in [5.41, 5.74) is 2.23. The summed E-state index contributed by atoms with van der Waals surface area (Å²) in [5.74, 6) is -0.350. The molecule has 0 heterocycles. The Labute approximate surface area is 105 Å². The molecule has 0 unspecified atom stereocenters. The first kappa shape index (κ1) is 12.3. The molecule has 0 amide bonds. The number of carbonyl (C=O) groups excluding carboxylic acids is 1. The van der Waals surface area contributed by atoms with Crippen molar-refractivity contribution in [2.24, 2.45) is 0 Å². The lowest BCUT2D eigenvalue weighted by Gasteiger charge is -2.07. The zero-order chi connectivity index (χ0) is 13.3. The molecule has 2 nitrogen and oxygen atoms in total. The standard InChI is InChI=1S/C15H13FO2/c1-9-7-12(8-10(2)14(9)17)15(18)11-3-5-13(16)6-4-11/h3-8,17H,1-2H3.